The smallest absolute Gasteiger partial charge is 0.253 e. The van der Waals surface area contributed by atoms with Gasteiger partial charge in [-0.15, -0.1) is 0 Å². The standard InChI is InChI=1S/C21H25FN2O4S/c1-28-19-6-8-20(9-7-19)29(26,27)23-13-10-16-11-14-24(15-12-16)21(25)17-2-4-18(22)5-3-17/h2-9,16,23H,10-15H2,1H3. The lowest BCUT2D eigenvalue weighted by molar-refractivity contribution is 0.0687. The summed E-state index contributed by atoms with van der Waals surface area (Å²) in [5, 5.41) is 0. The van der Waals surface area contributed by atoms with E-state index in [1.807, 2.05) is 0 Å². The molecule has 1 heterocycles. The number of rotatable bonds is 7. The largest absolute Gasteiger partial charge is 0.497 e. The number of nitrogens with zero attached hydrogens (tertiary/aromatic N) is 1. The van der Waals surface area contributed by atoms with Crippen molar-refractivity contribution in [2.75, 3.05) is 26.7 Å². The zero-order valence-electron chi connectivity index (χ0n) is 16.3. The number of likely N-dealkylation sites (tertiary alicyclic amines) is 1. The zero-order valence-corrected chi connectivity index (χ0v) is 17.1. The molecule has 1 amide bonds. The monoisotopic (exact) mass is 420 g/mol. The van der Waals surface area contributed by atoms with Crippen molar-refractivity contribution < 1.29 is 22.3 Å². The Hall–Kier alpha value is -2.45. The molecule has 1 aliphatic rings. The van der Waals surface area contributed by atoms with Crippen molar-refractivity contribution in [3.8, 4) is 5.75 Å². The Balaban J connectivity index is 1.44. The van der Waals surface area contributed by atoms with E-state index in [4.69, 9.17) is 4.74 Å². The molecule has 1 fully saturated rings. The first kappa shape index (κ1) is 21.3. The molecule has 2 aromatic carbocycles. The van der Waals surface area contributed by atoms with Gasteiger partial charge < -0.3 is 9.64 Å². The molecule has 0 saturated carbocycles. The highest BCUT2D eigenvalue weighted by molar-refractivity contribution is 7.89. The molecule has 1 N–H and O–H groups in total. The number of nitrogens with one attached hydrogen (secondary N) is 1. The van der Waals surface area contributed by atoms with Crippen LogP contribution in [0.15, 0.2) is 53.4 Å². The molecule has 0 unspecified atom stereocenters. The fourth-order valence-electron chi connectivity index (χ4n) is 3.44. The molecule has 29 heavy (non-hydrogen) atoms. The quantitative estimate of drug-likeness (QED) is 0.747. The molecule has 0 radical (unpaired) electrons. The second kappa shape index (κ2) is 9.37. The van der Waals surface area contributed by atoms with E-state index in [0.717, 1.165) is 12.8 Å². The van der Waals surface area contributed by atoms with Gasteiger partial charge in [0.25, 0.3) is 5.91 Å². The number of sulfonamides is 1. The third-order valence-electron chi connectivity index (χ3n) is 5.21. The Kier molecular flexibility index (Phi) is 6.87. The highest BCUT2D eigenvalue weighted by Gasteiger charge is 2.24. The van der Waals surface area contributed by atoms with Gasteiger partial charge in [-0.05, 0) is 73.7 Å². The summed E-state index contributed by atoms with van der Waals surface area (Å²) in [5.74, 6) is 0.498. The number of carbonyl (C=O) groups is 1. The van der Waals surface area contributed by atoms with E-state index in [1.54, 1.807) is 17.0 Å². The molecule has 6 nitrogen and oxygen atoms in total. The number of piperidine rings is 1. The molecular weight excluding hydrogens is 395 g/mol. The summed E-state index contributed by atoms with van der Waals surface area (Å²) in [6, 6.07) is 11.8. The van der Waals surface area contributed by atoms with Crippen LogP contribution >= 0.6 is 0 Å². The zero-order chi connectivity index (χ0) is 20.9. The molecule has 1 saturated heterocycles. The van der Waals surface area contributed by atoms with Gasteiger partial charge in [0.05, 0.1) is 12.0 Å². The van der Waals surface area contributed by atoms with Gasteiger partial charge in [0.15, 0.2) is 0 Å². The Morgan fingerprint density at radius 1 is 1.10 bits per heavy atom. The maximum atomic E-state index is 13.0. The highest BCUT2D eigenvalue weighted by atomic mass is 32.2. The predicted octanol–water partition coefficient (Wildman–Crippen LogP) is 3.06. The number of methoxy groups -OCH3 is 1. The Labute approximate surface area is 170 Å². The van der Waals surface area contributed by atoms with Gasteiger partial charge in [-0.2, -0.15) is 0 Å². The molecule has 2 aromatic rings. The summed E-state index contributed by atoms with van der Waals surface area (Å²) in [5.41, 5.74) is 0.483. The Morgan fingerprint density at radius 3 is 2.31 bits per heavy atom. The summed E-state index contributed by atoms with van der Waals surface area (Å²) < 4.78 is 45.4. The van der Waals surface area contributed by atoms with Gasteiger partial charge in [-0.25, -0.2) is 17.5 Å². The molecule has 0 atom stereocenters. The van der Waals surface area contributed by atoms with Crippen LogP contribution in [0, 0.1) is 11.7 Å². The normalized spacial score (nSPS) is 15.3. The fourth-order valence-corrected chi connectivity index (χ4v) is 4.48. The second-order valence-corrected chi connectivity index (χ2v) is 8.87. The number of hydrogen-bond donors (Lipinski definition) is 1. The lowest BCUT2D eigenvalue weighted by Crippen LogP contribution is -2.39. The van der Waals surface area contributed by atoms with Crippen LogP contribution in [0.5, 0.6) is 5.75 Å². The number of halogens is 1. The van der Waals surface area contributed by atoms with Gasteiger partial charge >= 0.3 is 0 Å². The first-order valence-corrected chi connectivity index (χ1v) is 11.1. The Morgan fingerprint density at radius 2 is 1.72 bits per heavy atom. The first-order valence-electron chi connectivity index (χ1n) is 9.57. The first-order chi connectivity index (χ1) is 13.9. The third kappa shape index (κ3) is 5.55. The molecule has 3 rings (SSSR count). The number of ether oxygens (including phenoxy) is 1. The number of amides is 1. The van der Waals surface area contributed by atoms with Crippen LogP contribution in [0.4, 0.5) is 4.39 Å². The lowest BCUT2D eigenvalue weighted by Gasteiger charge is -2.32. The predicted molar refractivity (Wildman–Crippen MR) is 108 cm³/mol. The maximum Gasteiger partial charge on any atom is 0.253 e. The van der Waals surface area contributed by atoms with E-state index in [9.17, 15) is 17.6 Å². The highest BCUT2D eigenvalue weighted by Crippen LogP contribution is 2.22. The van der Waals surface area contributed by atoms with Crippen molar-refractivity contribution in [1.29, 1.82) is 0 Å². The molecular formula is C21H25FN2O4S. The topological polar surface area (TPSA) is 75.7 Å². The summed E-state index contributed by atoms with van der Waals surface area (Å²) in [6.45, 7) is 1.59. The SMILES string of the molecule is COc1ccc(S(=O)(=O)NCCC2CCN(C(=O)c3ccc(F)cc3)CC2)cc1. The van der Waals surface area contributed by atoms with Gasteiger partial charge in [0, 0.05) is 25.2 Å². The summed E-state index contributed by atoms with van der Waals surface area (Å²) >= 11 is 0. The molecule has 0 bridgehead atoms. The van der Waals surface area contributed by atoms with E-state index in [2.05, 4.69) is 4.72 Å². The van der Waals surface area contributed by atoms with E-state index in [0.29, 0.717) is 43.3 Å². The van der Waals surface area contributed by atoms with Crippen LogP contribution in [-0.4, -0.2) is 46.0 Å². The van der Waals surface area contributed by atoms with Crippen molar-refractivity contribution in [3.05, 3.63) is 59.9 Å². The van der Waals surface area contributed by atoms with E-state index in [1.165, 1.54) is 43.5 Å². The number of carbonyl (C=O) groups excluding carboxylic acids is 1. The van der Waals surface area contributed by atoms with Crippen LogP contribution in [0.3, 0.4) is 0 Å². The van der Waals surface area contributed by atoms with Crippen LogP contribution in [0.1, 0.15) is 29.6 Å². The average molecular weight is 421 g/mol. The number of hydrogen-bond acceptors (Lipinski definition) is 4. The minimum Gasteiger partial charge on any atom is -0.497 e. The lowest BCUT2D eigenvalue weighted by atomic mass is 9.93. The minimum atomic E-state index is -3.55. The fraction of sp³-hybridized carbons (Fsp3) is 0.381. The van der Waals surface area contributed by atoms with E-state index in [-0.39, 0.29) is 16.6 Å². The van der Waals surface area contributed by atoms with Crippen molar-refractivity contribution in [3.63, 3.8) is 0 Å². The summed E-state index contributed by atoms with van der Waals surface area (Å²) in [6.07, 6.45) is 2.35. The van der Waals surface area contributed by atoms with Gasteiger partial charge in [-0.1, -0.05) is 0 Å². The molecule has 156 valence electrons. The van der Waals surface area contributed by atoms with Crippen molar-refractivity contribution in [1.82, 2.24) is 9.62 Å². The van der Waals surface area contributed by atoms with Crippen LogP contribution in [0.2, 0.25) is 0 Å². The van der Waals surface area contributed by atoms with Gasteiger partial charge in [0.1, 0.15) is 11.6 Å². The molecule has 0 aromatic heterocycles. The van der Waals surface area contributed by atoms with Gasteiger partial charge in [0.2, 0.25) is 10.0 Å². The van der Waals surface area contributed by atoms with Crippen molar-refractivity contribution in [2.24, 2.45) is 5.92 Å². The second-order valence-electron chi connectivity index (χ2n) is 7.10. The van der Waals surface area contributed by atoms with Crippen molar-refractivity contribution >= 4 is 15.9 Å². The molecule has 0 aliphatic carbocycles. The molecule has 8 heteroatoms. The minimum absolute atomic E-state index is 0.0938. The summed E-state index contributed by atoms with van der Waals surface area (Å²) in [4.78, 5) is 14.4. The Bertz CT molecular complexity index is 922. The average Bonchev–Trinajstić information content (AvgIpc) is 2.74. The molecule has 0 spiro atoms. The maximum absolute atomic E-state index is 13.0. The molecule has 1 aliphatic heterocycles. The van der Waals surface area contributed by atoms with E-state index >= 15 is 0 Å². The van der Waals surface area contributed by atoms with Crippen LogP contribution in [0.25, 0.3) is 0 Å². The van der Waals surface area contributed by atoms with Crippen LogP contribution in [-0.2, 0) is 10.0 Å². The third-order valence-corrected chi connectivity index (χ3v) is 6.68. The van der Waals surface area contributed by atoms with E-state index < -0.39 is 10.0 Å². The van der Waals surface area contributed by atoms with Gasteiger partial charge in [-0.3, -0.25) is 4.79 Å². The van der Waals surface area contributed by atoms with Crippen LogP contribution < -0.4 is 9.46 Å². The summed E-state index contributed by atoms with van der Waals surface area (Å²) in [7, 11) is -2.02. The number of benzene rings is 2. The van der Waals surface area contributed by atoms with Crippen molar-refractivity contribution in [2.45, 2.75) is 24.2 Å².